The molecule has 0 saturated carbocycles. The summed E-state index contributed by atoms with van der Waals surface area (Å²) in [6.45, 7) is 3.16. The second-order valence-corrected chi connectivity index (χ2v) is 3.38. The van der Waals surface area contributed by atoms with Gasteiger partial charge in [-0.25, -0.2) is 0 Å². The molecule has 4 nitrogen and oxygen atoms in total. The van der Waals surface area contributed by atoms with Crippen LogP contribution < -0.4 is 11.6 Å². The van der Waals surface area contributed by atoms with Crippen molar-refractivity contribution in [3.05, 3.63) is 0 Å². The number of rotatable bonds is 0. The van der Waals surface area contributed by atoms with Crippen LogP contribution in [0.4, 0.5) is 0 Å². The van der Waals surface area contributed by atoms with Crippen molar-refractivity contribution in [1.29, 1.82) is 0 Å². The molecule has 0 amide bonds. The molecule has 1 aliphatic heterocycles. The van der Waals surface area contributed by atoms with E-state index in [0.29, 0.717) is 12.0 Å². The van der Waals surface area contributed by atoms with Gasteiger partial charge in [0.25, 0.3) is 0 Å². The first-order valence-electron chi connectivity index (χ1n) is 4.55. The van der Waals surface area contributed by atoms with Gasteiger partial charge in [-0.15, -0.1) is 5.10 Å². The number of guanidine groups is 1. The van der Waals surface area contributed by atoms with Crippen LogP contribution in [-0.2, 0) is 0 Å². The highest BCUT2D eigenvalue weighted by molar-refractivity contribution is 5.78. The Labute approximate surface area is 73.6 Å². The Bertz CT molecular complexity index is 166. The molecular weight excluding hydrogens is 152 g/mol. The van der Waals surface area contributed by atoms with Gasteiger partial charge in [-0.3, -0.25) is 0 Å². The molecule has 4 heteroatoms. The van der Waals surface area contributed by atoms with Crippen LogP contribution in [0.1, 0.15) is 32.6 Å². The normalized spacial score (nSPS) is 26.9. The molecule has 70 valence electrons. The summed E-state index contributed by atoms with van der Waals surface area (Å²) in [5.74, 6) is 5.61. The average molecular weight is 170 g/mol. The molecule has 0 aromatic carbocycles. The molecule has 0 bridgehead atoms. The summed E-state index contributed by atoms with van der Waals surface area (Å²) in [7, 11) is 0. The largest absolute Gasteiger partial charge is 0.368 e. The highest BCUT2D eigenvalue weighted by atomic mass is 15.3. The van der Waals surface area contributed by atoms with Gasteiger partial charge in [-0.1, -0.05) is 12.8 Å². The van der Waals surface area contributed by atoms with E-state index in [0.717, 1.165) is 6.54 Å². The predicted molar refractivity (Wildman–Crippen MR) is 50.4 cm³/mol. The molecule has 1 atom stereocenters. The van der Waals surface area contributed by atoms with E-state index in [9.17, 15) is 0 Å². The predicted octanol–water partition coefficient (Wildman–Crippen LogP) is 0.439. The van der Waals surface area contributed by atoms with Crippen molar-refractivity contribution in [2.75, 3.05) is 6.54 Å². The maximum absolute atomic E-state index is 5.66. The number of likely N-dealkylation sites (tertiary alicyclic amines) is 1. The fourth-order valence-electron chi connectivity index (χ4n) is 1.69. The van der Waals surface area contributed by atoms with Crippen LogP contribution in [0.25, 0.3) is 0 Å². The van der Waals surface area contributed by atoms with Crippen molar-refractivity contribution < 1.29 is 0 Å². The molecule has 0 spiro atoms. The van der Waals surface area contributed by atoms with E-state index < -0.39 is 0 Å². The Hall–Kier alpha value is -0.930. The highest BCUT2D eigenvalue weighted by Crippen LogP contribution is 2.15. The van der Waals surface area contributed by atoms with Gasteiger partial charge in [-0.05, 0) is 19.8 Å². The Morgan fingerprint density at radius 1 is 1.42 bits per heavy atom. The van der Waals surface area contributed by atoms with Crippen LogP contribution in [0, 0.1) is 0 Å². The number of nitrogens with two attached hydrogens (primary N) is 2. The molecule has 1 heterocycles. The van der Waals surface area contributed by atoms with Gasteiger partial charge in [0.2, 0.25) is 5.96 Å². The van der Waals surface area contributed by atoms with E-state index in [2.05, 4.69) is 16.9 Å². The summed E-state index contributed by atoms with van der Waals surface area (Å²) in [5.41, 5.74) is 5.66. The molecule has 1 saturated heterocycles. The fraction of sp³-hybridized carbons (Fsp3) is 0.875. The number of nitrogens with zero attached hydrogens (tertiary/aromatic N) is 2. The van der Waals surface area contributed by atoms with Gasteiger partial charge >= 0.3 is 0 Å². The van der Waals surface area contributed by atoms with Crippen LogP contribution in [-0.4, -0.2) is 23.4 Å². The molecule has 1 unspecified atom stereocenters. The molecule has 1 fully saturated rings. The van der Waals surface area contributed by atoms with E-state index in [1.54, 1.807) is 0 Å². The van der Waals surface area contributed by atoms with Crippen molar-refractivity contribution in [3.63, 3.8) is 0 Å². The lowest BCUT2D eigenvalue weighted by Crippen LogP contribution is -2.43. The lowest BCUT2D eigenvalue weighted by molar-refractivity contribution is 0.332. The fourth-order valence-corrected chi connectivity index (χ4v) is 1.69. The molecule has 1 rings (SSSR count). The first-order valence-corrected chi connectivity index (χ1v) is 4.55. The van der Waals surface area contributed by atoms with Crippen molar-refractivity contribution in [2.24, 2.45) is 16.7 Å². The van der Waals surface area contributed by atoms with Gasteiger partial charge in [0.05, 0.1) is 0 Å². The van der Waals surface area contributed by atoms with E-state index in [-0.39, 0.29) is 0 Å². The van der Waals surface area contributed by atoms with Gasteiger partial charge in [0.15, 0.2) is 0 Å². The summed E-state index contributed by atoms with van der Waals surface area (Å²) in [4.78, 5) is 2.09. The third kappa shape index (κ3) is 2.03. The zero-order chi connectivity index (χ0) is 8.97. The maximum atomic E-state index is 5.66. The van der Waals surface area contributed by atoms with Crippen LogP contribution >= 0.6 is 0 Å². The molecule has 0 aromatic heterocycles. The lowest BCUT2D eigenvalue weighted by atomic mass is 10.1. The van der Waals surface area contributed by atoms with Crippen LogP contribution in [0.2, 0.25) is 0 Å². The monoisotopic (exact) mass is 170 g/mol. The van der Waals surface area contributed by atoms with Gasteiger partial charge in [0, 0.05) is 12.6 Å². The minimum atomic E-state index is 0.476. The topological polar surface area (TPSA) is 67.6 Å². The number of hydrazone groups is 1. The van der Waals surface area contributed by atoms with Crippen LogP contribution in [0.15, 0.2) is 5.10 Å². The summed E-state index contributed by atoms with van der Waals surface area (Å²) in [6, 6.07) is 0.486. The Balaban J connectivity index is 2.59. The molecule has 0 aliphatic carbocycles. The first-order chi connectivity index (χ1) is 5.75. The maximum Gasteiger partial charge on any atom is 0.213 e. The van der Waals surface area contributed by atoms with Crippen molar-refractivity contribution in [1.82, 2.24) is 4.90 Å². The second-order valence-electron chi connectivity index (χ2n) is 3.38. The van der Waals surface area contributed by atoms with Crippen molar-refractivity contribution in [3.8, 4) is 0 Å². The number of hydrogen-bond acceptors (Lipinski definition) is 2. The third-order valence-electron chi connectivity index (χ3n) is 2.48. The Morgan fingerprint density at radius 3 is 2.83 bits per heavy atom. The molecule has 12 heavy (non-hydrogen) atoms. The minimum Gasteiger partial charge on any atom is -0.368 e. The minimum absolute atomic E-state index is 0.476. The van der Waals surface area contributed by atoms with E-state index in [1.807, 2.05) is 0 Å². The molecule has 0 aromatic rings. The van der Waals surface area contributed by atoms with Crippen molar-refractivity contribution in [2.45, 2.75) is 38.6 Å². The first kappa shape index (κ1) is 9.16. The second kappa shape index (κ2) is 4.18. The van der Waals surface area contributed by atoms with Gasteiger partial charge in [0.1, 0.15) is 0 Å². The molecule has 4 N–H and O–H groups in total. The quantitative estimate of drug-likeness (QED) is 0.240. The average Bonchev–Trinajstić information content (AvgIpc) is 2.28. The SMILES string of the molecule is CC1CCCCCN1C(N)=NN. The van der Waals surface area contributed by atoms with Crippen LogP contribution in [0.5, 0.6) is 0 Å². The highest BCUT2D eigenvalue weighted by Gasteiger charge is 2.17. The molecule has 0 radical (unpaired) electrons. The van der Waals surface area contributed by atoms with Crippen molar-refractivity contribution >= 4 is 5.96 Å². The number of hydrogen-bond donors (Lipinski definition) is 2. The standard InChI is InChI=1S/C8H18N4/c1-7-5-3-2-4-6-12(7)8(9)11-10/h7H,2-6,10H2,1H3,(H2,9,11). The van der Waals surface area contributed by atoms with Crippen LogP contribution in [0.3, 0.4) is 0 Å². The zero-order valence-electron chi connectivity index (χ0n) is 7.66. The summed E-state index contributed by atoms with van der Waals surface area (Å²) in [5, 5.41) is 3.52. The molecule has 1 aliphatic rings. The zero-order valence-corrected chi connectivity index (χ0v) is 7.66. The van der Waals surface area contributed by atoms with E-state index in [4.69, 9.17) is 11.6 Å². The third-order valence-corrected chi connectivity index (χ3v) is 2.48. The van der Waals surface area contributed by atoms with Gasteiger partial charge < -0.3 is 16.5 Å². The Kier molecular flexibility index (Phi) is 3.19. The summed E-state index contributed by atoms with van der Waals surface area (Å²) in [6.07, 6.45) is 4.96. The summed E-state index contributed by atoms with van der Waals surface area (Å²) >= 11 is 0. The van der Waals surface area contributed by atoms with Gasteiger partial charge in [-0.2, -0.15) is 0 Å². The smallest absolute Gasteiger partial charge is 0.213 e. The van der Waals surface area contributed by atoms with E-state index in [1.165, 1.54) is 25.7 Å². The van der Waals surface area contributed by atoms with E-state index >= 15 is 0 Å². The lowest BCUT2D eigenvalue weighted by Gasteiger charge is -2.27. The summed E-state index contributed by atoms with van der Waals surface area (Å²) < 4.78 is 0. The Morgan fingerprint density at radius 2 is 2.17 bits per heavy atom. The molecular formula is C8H18N4.